The molecule has 0 aliphatic heterocycles. The molecule has 0 spiro atoms. The van der Waals surface area contributed by atoms with Gasteiger partial charge in [-0.1, -0.05) is 22.5 Å². The van der Waals surface area contributed by atoms with Crippen molar-refractivity contribution in [1.82, 2.24) is 0 Å². The molecule has 0 heterocycles. The molecule has 0 aliphatic rings. The molecule has 1 rings (SSSR count). The van der Waals surface area contributed by atoms with Gasteiger partial charge in [-0.05, 0) is 37.1 Å². The molecule has 1 aromatic carbocycles. The molecule has 0 saturated heterocycles. The Bertz CT molecular complexity index is 552. The Morgan fingerprint density at radius 3 is 2.47 bits per heavy atom. The van der Waals surface area contributed by atoms with Crippen LogP contribution in [0, 0.1) is 13.8 Å². The molecular formula is C11H12BrClO3S. The summed E-state index contributed by atoms with van der Waals surface area (Å²) in [4.78, 5) is 0.113. The Morgan fingerprint density at radius 2 is 2.00 bits per heavy atom. The van der Waals surface area contributed by atoms with Crippen LogP contribution in [0.2, 0.25) is 0 Å². The Balaban J connectivity index is 3.14. The monoisotopic (exact) mass is 338 g/mol. The zero-order valence-electron chi connectivity index (χ0n) is 9.46. The number of aryl methyl sites for hydroxylation is 2. The van der Waals surface area contributed by atoms with Gasteiger partial charge < -0.3 is 4.74 Å². The molecule has 0 unspecified atom stereocenters. The van der Waals surface area contributed by atoms with Gasteiger partial charge in [0, 0.05) is 15.2 Å². The van der Waals surface area contributed by atoms with E-state index in [-0.39, 0.29) is 4.90 Å². The maximum Gasteiger partial charge on any atom is 0.261 e. The van der Waals surface area contributed by atoms with E-state index < -0.39 is 9.05 Å². The molecule has 0 N–H and O–H groups in total. The summed E-state index contributed by atoms with van der Waals surface area (Å²) in [7, 11) is 1.61. The SMILES string of the molecule is C=C(Br)COc1cc(C)c(S(=O)(=O)Cl)cc1C. The van der Waals surface area contributed by atoms with E-state index in [1.54, 1.807) is 19.9 Å². The Morgan fingerprint density at radius 1 is 1.41 bits per heavy atom. The lowest BCUT2D eigenvalue weighted by atomic mass is 10.1. The average Bonchev–Trinajstić information content (AvgIpc) is 2.17. The van der Waals surface area contributed by atoms with E-state index in [0.717, 1.165) is 0 Å². The molecule has 0 saturated carbocycles. The maximum absolute atomic E-state index is 11.3. The highest BCUT2D eigenvalue weighted by atomic mass is 79.9. The normalized spacial score (nSPS) is 11.3. The lowest BCUT2D eigenvalue weighted by Crippen LogP contribution is -2.01. The average molecular weight is 340 g/mol. The molecule has 0 amide bonds. The van der Waals surface area contributed by atoms with Gasteiger partial charge in [-0.2, -0.15) is 0 Å². The van der Waals surface area contributed by atoms with E-state index in [9.17, 15) is 8.42 Å². The molecule has 0 aliphatic carbocycles. The summed E-state index contributed by atoms with van der Waals surface area (Å²) in [6.45, 7) is 7.41. The van der Waals surface area contributed by atoms with Gasteiger partial charge in [0.25, 0.3) is 9.05 Å². The minimum absolute atomic E-state index is 0.113. The van der Waals surface area contributed by atoms with Gasteiger partial charge in [0.15, 0.2) is 0 Å². The molecule has 0 fully saturated rings. The first-order chi connectivity index (χ1) is 7.71. The van der Waals surface area contributed by atoms with Crippen LogP contribution in [0.15, 0.2) is 28.1 Å². The minimum atomic E-state index is -3.71. The second-order valence-corrected chi connectivity index (χ2v) is 7.28. The van der Waals surface area contributed by atoms with Gasteiger partial charge in [-0.15, -0.1) is 0 Å². The van der Waals surface area contributed by atoms with E-state index >= 15 is 0 Å². The number of hydrogen-bond donors (Lipinski definition) is 0. The second-order valence-electron chi connectivity index (χ2n) is 3.63. The van der Waals surface area contributed by atoms with Gasteiger partial charge in [0.05, 0.1) is 4.90 Å². The predicted molar refractivity (Wildman–Crippen MR) is 72.5 cm³/mol. The van der Waals surface area contributed by atoms with Crippen LogP contribution in [-0.2, 0) is 9.05 Å². The van der Waals surface area contributed by atoms with Crippen LogP contribution in [0.5, 0.6) is 5.75 Å². The highest BCUT2D eigenvalue weighted by molar-refractivity contribution is 9.11. The number of hydrogen-bond acceptors (Lipinski definition) is 3. The van der Waals surface area contributed by atoms with Gasteiger partial charge >= 0.3 is 0 Å². The smallest absolute Gasteiger partial charge is 0.261 e. The van der Waals surface area contributed by atoms with E-state index in [1.165, 1.54) is 6.07 Å². The molecule has 1 aromatic rings. The van der Waals surface area contributed by atoms with Crippen molar-refractivity contribution >= 4 is 35.7 Å². The van der Waals surface area contributed by atoms with Crippen LogP contribution in [0.3, 0.4) is 0 Å². The number of benzene rings is 1. The molecular weight excluding hydrogens is 328 g/mol. The van der Waals surface area contributed by atoms with Crippen LogP contribution in [0.25, 0.3) is 0 Å². The van der Waals surface area contributed by atoms with Crippen molar-refractivity contribution in [3.8, 4) is 5.75 Å². The molecule has 0 aromatic heterocycles. The standard InChI is InChI=1S/C11H12BrClO3S/c1-7-5-11(17(13,14)15)8(2)4-10(7)16-6-9(3)12/h4-5H,3,6H2,1-2H3. The first kappa shape index (κ1) is 14.5. The summed E-state index contributed by atoms with van der Waals surface area (Å²) in [5.74, 6) is 0.618. The molecule has 3 nitrogen and oxygen atoms in total. The quantitative estimate of drug-likeness (QED) is 0.788. The first-order valence-corrected chi connectivity index (χ1v) is 7.84. The highest BCUT2D eigenvalue weighted by Gasteiger charge is 2.15. The largest absolute Gasteiger partial charge is 0.488 e. The number of ether oxygens (including phenoxy) is 1. The third kappa shape index (κ3) is 4.01. The summed E-state index contributed by atoms with van der Waals surface area (Å²) >= 11 is 3.18. The zero-order chi connectivity index (χ0) is 13.2. The van der Waals surface area contributed by atoms with Crippen LogP contribution in [0.4, 0.5) is 0 Å². The lowest BCUT2D eigenvalue weighted by molar-refractivity contribution is 0.358. The fourth-order valence-electron chi connectivity index (χ4n) is 1.34. The highest BCUT2D eigenvalue weighted by Crippen LogP contribution is 2.28. The van der Waals surface area contributed by atoms with Gasteiger partial charge in [-0.25, -0.2) is 8.42 Å². The van der Waals surface area contributed by atoms with E-state index in [0.29, 0.717) is 28.0 Å². The number of halogens is 2. The molecule has 94 valence electrons. The lowest BCUT2D eigenvalue weighted by Gasteiger charge is -2.11. The number of rotatable bonds is 4. The molecule has 17 heavy (non-hydrogen) atoms. The van der Waals surface area contributed by atoms with Crippen LogP contribution < -0.4 is 4.74 Å². The van der Waals surface area contributed by atoms with Crippen molar-refractivity contribution in [2.45, 2.75) is 18.7 Å². The molecule has 0 atom stereocenters. The first-order valence-electron chi connectivity index (χ1n) is 4.74. The fraction of sp³-hybridized carbons (Fsp3) is 0.273. The summed E-state index contributed by atoms with van der Waals surface area (Å²) in [6, 6.07) is 3.16. The van der Waals surface area contributed by atoms with Crippen LogP contribution in [0.1, 0.15) is 11.1 Å². The molecule has 0 radical (unpaired) electrons. The van der Waals surface area contributed by atoms with Crippen molar-refractivity contribution in [1.29, 1.82) is 0 Å². The maximum atomic E-state index is 11.3. The molecule has 6 heteroatoms. The summed E-state index contributed by atoms with van der Waals surface area (Å²) in [6.07, 6.45) is 0. The van der Waals surface area contributed by atoms with Crippen LogP contribution in [-0.4, -0.2) is 15.0 Å². The second kappa shape index (κ2) is 5.42. The van der Waals surface area contributed by atoms with Crippen molar-refractivity contribution in [2.75, 3.05) is 6.61 Å². The van der Waals surface area contributed by atoms with E-state index in [1.807, 2.05) is 0 Å². The Hall–Kier alpha value is -0.520. The van der Waals surface area contributed by atoms with Crippen molar-refractivity contribution < 1.29 is 13.2 Å². The summed E-state index contributed by atoms with van der Waals surface area (Å²) in [5, 5.41) is 0. The van der Waals surface area contributed by atoms with Crippen LogP contribution >= 0.6 is 26.6 Å². The van der Waals surface area contributed by atoms with E-state index in [4.69, 9.17) is 15.4 Å². The minimum Gasteiger partial charge on any atom is -0.488 e. The van der Waals surface area contributed by atoms with Gasteiger partial charge in [0.1, 0.15) is 12.4 Å². The van der Waals surface area contributed by atoms with Crippen molar-refractivity contribution in [3.05, 3.63) is 34.3 Å². The summed E-state index contributed by atoms with van der Waals surface area (Å²) in [5.41, 5.74) is 1.27. The topological polar surface area (TPSA) is 43.4 Å². The Kier molecular flexibility index (Phi) is 4.63. The molecule has 0 bridgehead atoms. The van der Waals surface area contributed by atoms with Crippen molar-refractivity contribution in [3.63, 3.8) is 0 Å². The summed E-state index contributed by atoms with van der Waals surface area (Å²) < 4.78 is 28.7. The third-order valence-corrected chi connectivity index (χ3v) is 3.81. The fourth-order valence-corrected chi connectivity index (χ4v) is 2.71. The van der Waals surface area contributed by atoms with Crippen molar-refractivity contribution in [2.24, 2.45) is 0 Å². The predicted octanol–water partition coefficient (Wildman–Crippen LogP) is 3.52. The Labute approximate surface area is 114 Å². The van der Waals surface area contributed by atoms with E-state index in [2.05, 4.69) is 22.5 Å². The zero-order valence-corrected chi connectivity index (χ0v) is 12.6. The van der Waals surface area contributed by atoms with Gasteiger partial charge in [0.2, 0.25) is 0 Å². The van der Waals surface area contributed by atoms with Gasteiger partial charge in [-0.3, -0.25) is 0 Å². The third-order valence-electron chi connectivity index (χ3n) is 2.12.